The molecule has 0 unspecified atom stereocenters. The van der Waals surface area contributed by atoms with Gasteiger partial charge in [0.1, 0.15) is 23.7 Å². The monoisotopic (exact) mass is 433 g/mol. The Bertz CT molecular complexity index is 1040. The smallest absolute Gasteiger partial charge is 0.325 e. The number of carbonyl (C=O) groups excluding carboxylic acids is 3. The zero-order chi connectivity index (χ0) is 22.1. The average molecular weight is 433 g/mol. The minimum absolute atomic E-state index is 0.0114. The van der Waals surface area contributed by atoms with E-state index in [2.05, 4.69) is 10.6 Å². The predicted octanol–water partition coefficient (Wildman–Crippen LogP) is 1.98. The standard InChI is InChI=1S/C20H20FN3O5S/c1-20(12-4-7-14(29-2)8-5-12)18(26)24(19(27)23-20)11-17(25)22-13-6-9-16(30(3)28)15(21)10-13/h4-10H,11H2,1-3H3,(H,22,25)(H,23,27)/t20-,30-/m1/s1. The summed E-state index contributed by atoms with van der Waals surface area (Å²) in [6, 6.07) is 9.65. The Morgan fingerprint density at radius 1 is 1.23 bits per heavy atom. The molecule has 3 rings (SSSR count). The number of benzene rings is 2. The number of ether oxygens (including phenoxy) is 1. The molecule has 0 bridgehead atoms. The number of imide groups is 1. The van der Waals surface area contributed by atoms with E-state index in [1.54, 1.807) is 31.2 Å². The number of hydrogen-bond acceptors (Lipinski definition) is 5. The van der Waals surface area contributed by atoms with Gasteiger partial charge in [0.05, 0.1) is 22.8 Å². The van der Waals surface area contributed by atoms with Crippen LogP contribution in [0.2, 0.25) is 0 Å². The Balaban J connectivity index is 1.72. The minimum Gasteiger partial charge on any atom is -0.497 e. The topological polar surface area (TPSA) is 105 Å². The number of methoxy groups -OCH3 is 1. The van der Waals surface area contributed by atoms with Crippen LogP contribution in [-0.4, -0.2) is 46.9 Å². The third kappa shape index (κ3) is 4.04. The van der Waals surface area contributed by atoms with Crippen molar-refractivity contribution in [2.24, 2.45) is 0 Å². The first-order valence-electron chi connectivity index (χ1n) is 8.87. The van der Waals surface area contributed by atoms with Gasteiger partial charge >= 0.3 is 6.03 Å². The molecule has 4 amide bonds. The van der Waals surface area contributed by atoms with Crippen molar-refractivity contribution in [3.63, 3.8) is 0 Å². The lowest BCUT2D eigenvalue weighted by Gasteiger charge is -2.22. The minimum atomic E-state index is -1.51. The fourth-order valence-electron chi connectivity index (χ4n) is 3.12. The normalized spacial score (nSPS) is 19.4. The molecule has 1 aliphatic rings. The van der Waals surface area contributed by atoms with Crippen LogP contribution >= 0.6 is 0 Å². The van der Waals surface area contributed by atoms with Gasteiger partial charge in [0.2, 0.25) is 5.91 Å². The van der Waals surface area contributed by atoms with Crippen LogP contribution in [0.15, 0.2) is 47.4 Å². The Morgan fingerprint density at radius 3 is 2.47 bits per heavy atom. The van der Waals surface area contributed by atoms with Crippen molar-refractivity contribution < 1.29 is 27.7 Å². The molecule has 2 aromatic carbocycles. The fourth-order valence-corrected chi connectivity index (χ4v) is 3.71. The van der Waals surface area contributed by atoms with Crippen molar-refractivity contribution in [1.29, 1.82) is 0 Å². The third-order valence-corrected chi connectivity index (χ3v) is 5.72. The molecule has 2 aromatic rings. The number of amides is 4. The molecule has 0 saturated carbocycles. The van der Waals surface area contributed by atoms with E-state index in [1.807, 2.05) is 0 Å². The lowest BCUT2D eigenvalue weighted by Crippen LogP contribution is -2.42. The van der Waals surface area contributed by atoms with Crippen LogP contribution in [0, 0.1) is 5.82 Å². The lowest BCUT2D eigenvalue weighted by atomic mass is 9.92. The van der Waals surface area contributed by atoms with Crippen molar-refractivity contribution in [3.8, 4) is 5.75 Å². The maximum atomic E-state index is 13.9. The third-order valence-electron chi connectivity index (χ3n) is 4.77. The van der Waals surface area contributed by atoms with Crippen molar-refractivity contribution in [1.82, 2.24) is 10.2 Å². The average Bonchev–Trinajstić information content (AvgIpc) is 2.91. The number of rotatable bonds is 6. The summed E-state index contributed by atoms with van der Waals surface area (Å²) in [6.07, 6.45) is 1.34. The molecule has 8 nitrogen and oxygen atoms in total. The van der Waals surface area contributed by atoms with Gasteiger partial charge in [-0.05, 0) is 42.8 Å². The quantitative estimate of drug-likeness (QED) is 0.678. The number of nitrogens with zero attached hydrogens (tertiary/aromatic N) is 1. The SMILES string of the molecule is COc1ccc([C@@]2(C)NC(=O)N(CC(=O)Nc3ccc([S@@](C)=O)c(F)c3)C2=O)cc1. The van der Waals surface area contributed by atoms with Gasteiger partial charge in [-0.2, -0.15) is 0 Å². The molecule has 0 aliphatic carbocycles. The van der Waals surface area contributed by atoms with Crippen LogP contribution in [-0.2, 0) is 25.9 Å². The Hall–Kier alpha value is -3.27. The summed E-state index contributed by atoms with van der Waals surface area (Å²) in [5.41, 5.74) is -0.672. The first-order valence-corrected chi connectivity index (χ1v) is 10.4. The van der Waals surface area contributed by atoms with Crippen molar-refractivity contribution in [3.05, 3.63) is 53.8 Å². The molecule has 10 heteroatoms. The van der Waals surface area contributed by atoms with E-state index in [1.165, 1.54) is 25.5 Å². The molecule has 2 atom stereocenters. The molecule has 1 fully saturated rings. The Morgan fingerprint density at radius 2 is 1.90 bits per heavy atom. The maximum absolute atomic E-state index is 13.9. The first kappa shape index (κ1) is 21.4. The van der Waals surface area contributed by atoms with Gasteiger partial charge in [0, 0.05) is 11.9 Å². The molecule has 2 N–H and O–H groups in total. The molecule has 1 aliphatic heterocycles. The molecule has 158 valence electrons. The molecule has 0 aromatic heterocycles. The van der Waals surface area contributed by atoms with E-state index in [-0.39, 0.29) is 10.6 Å². The zero-order valence-corrected chi connectivity index (χ0v) is 17.3. The summed E-state index contributed by atoms with van der Waals surface area (Å²) >= 11 is 0. The molecule has 1 heterocycles. The Labute approximate surface area is 174 Å². The van der Waals surface area contributed by atoms with Gasteiger partial charge in [-0.3, -0.25) is 18.7 Å². The highest BCUT2D eigenvalue weighted by Crippen LogP contribution is 2.30. The van der Waals surface area contributed by atoms with E-state index in [0.717, 1.165) is 11.0 Å². The molecular formula is C20H20FN3O5S. The van der Waals surface area contributed by atoms with Crippen LogP contribution in [0.4, 0.5) is 14.9 Å². The largest absolute Gasteiger partial charge is 0.497 e. The molecule has 0 spiro atoms. The zero-order valence-electron chi connectivity index (χ0n) is 16.5. The number of nitrogens with one attached hydrogen (secondary N) is 2. The number of anilines is 1. The first-order chi connectivity index (χ1) is 14.2. The highest BCUT2D eigenvalue weighted by molar-refractivity contribution is 7.84. The van der Waals surface area contributed by atoms with E-state index in [9.17, 15) is 23.0 Å². The van der Waals surface area contributed by atoms with Crippen LogP contribution in [0.5, 0.6) is 5.75 Å². The second-order valence-electron chi connectivity index (χ2n) is 6.82. The number of carbonyl (C=O) groups is 3. The van der Waals surface area contributed by atoms with Crippen LogP contribution in [0.1, 0.15) is 12.5 Å². The summed E-state index contributed by atoms with van der Waals surface area (Å²) < 4.78 is 30.4. The van der Waals surface area contributed by atoms with E-state index in [4.69, 9.17) is 4.74 Å². The molecular weight excluding hydrogens is 413 g/mol. The van der Waals surface area contributed by atoms with Crippen LogP contribution in [0.3, 0.4) is 0 Å². The van der Waals surface area contributed by atoms with Gasteiger partial charge in [-0.15, -0.1) is 0 Å². The Kier molecular flexibility index (Phi) is 5.88. The molecule has 1 saturated heterocycles. The van der Waals surface area contributed by atoms with Crippen LogP contribution < -0.4 is 15.4 Å². The molecule has 30 heavy (non-hydrogen) atoms. The van der Waals surface area contributed by atoms with Crippen molar-refractivity contribution in [2.75, 3.05) is 25.2 Å². The summed E-state index contributed by atoms with van der Waals surface area (Å²) in [5, 5.41) is 5.04. The van der Waals surface area contributed by atoms with E-state index >= 15 is 0 Å². The predicted molar refractivity (Wildman–Crippen MR) is 108 cm³/mol. The number of halogens is 1. The van der Waals surface area contributed by atoms with Gasteiger partial charge in [-0.1, -0.05) is 12.1 Å². The second kappa shape index (κ2) is 8.23. The lowest BCUT2D eigenvalue weighted by molar-refractivity contribution is -0.133. The highest BCUT2D eigenvalue weighted by atomic mass is 32.2. The summed E-state index contributed by atoms with van der Waals surface area (Å²) in [5.74, 6) is -1.39. The maximum Gasteiger partial charge on any atom is 0.325 e. The van der Waals surface area contributed by atoms with Gasteiger partial charge in [0.15, 0.2) is 0 Å². The summed E-state index contributed by atoms with van der Waals surface area (Å²) in [4.78, 5) is 38.4. The second-order valence-corrected chi connectivity index (χ2v) is 8.17. The van der Waals surface area contributed by atoms with Crippen molar-refractivity contribution >= 4 is 34.3 Å². The summed E-state index contributed by atoms with van der Waals surface area (Å²) in [7, 11) is 0.00918. The van der Waals surface area contributed by atoms with Crippen LogP contribution in [0.25, 0.3) is 0 Å². The van der Waals surface area contributed by atoms with Gasteiger partial charge in [-0.25, -0.2) is 9.18 Å². The molecule has 0 radical (unpaired) electrons. The number of hydrogen-bond donors (Lipinski definition) is 2. The van der Waals surface area contributed by atoms with Gasteiger partial charge in [0.25, 0.3) is 5.91 Å². The summed E-state index contributed by atoms with van der Waals surface area (Å²) in [6.45, 7) is 1.01. The van der Waals surface area contributed by atoms with Gasteiger partial charge < -0.3 is 15.4 Å². The fraction of sp³-hybridized carbons (Fsp3) is 0.250. The van der Waals surface area contributed by atoms with Crippen molar-refractivity contribution in [2.45, 2.75) is 17.4 Å². The number of urea groups is 1. The van der Waals surface area contributed by atoms with E-state index in [0.29, 0.717) is 11.3 Å². The van der Waals surface area contributed by atoms with E-state index < -0.39 is 46.5 Å². The highest BCUT2D eigenvalue weighted by Gasteiger charge is 2.49.